The third kappa shape index (κ3) is 6.10. The predicted molar refractivity (Wildman–Crippen MR) is 160 cm³/mol. The van der Waals surface area contributed by atoms with E-state index in [2.05, 4.69) is 18.2 Å². The Balaban J connectivity index is 1.50. The van der Waals surface area contributed by atoms with Gasteiger partial charge < -0.3 is 14.2 Å². The van der Waals surface area contributed by atoms with Gasteiger partial charge >= 0.3 is 12.1 Å². The molecule has 0 spiro atoms. The van der Waals surface area contributed by atoms with Crippen LogP contribution >= 0.6 is 0 Å². The van der Waals surface area contributed by atoms with Crippen molar-refractivity contribution >= 4 is 22.8 Å². The van der Waals surface area contributed by atoms with Crippen LogP contribution in [0.4, 0.5) is 9.18 Å². The van der Waals surface area contributed by atoms with Crippen LogP contribution in [0.3, 0.4) is 0 Å². The molecule has 4 aromatic carbocycles. The number of fused-ring (bicyclic) bond motifs is 2. The first-order valence-corrected chi connectivity index (χ1v) is 14.2. The van der Waals surface area contributed by atoms with Gasteiger partial charge in [-0.3, -0.25) is 4.90 Å². The Hall–Kier alpha value is -4.39. The number of hydrogen-bond acceptors (Lipinski definition) is 5. The number of ether oxygens (including phenoxy) is 3. The second-order valence-corrected chi connectivity index (χ2v) is 11.7. The van der Waals surface area contributed by atoms with Crippen LogP contribution in [-0.2, 0) is 9.47 Å². The third-order valence-electron chi connectivity index (χ3n) is 7.65. The maximum Gasteiger partial charge on any atom is 0.410 e. The monoisotopic (exact) mass is 569 g/mol. The van der Waals surface area contributed by atoms with Crippen molar-refractivity contribution in [1.82, 2.24) is 4.90 Å². The summed E-state index contributed by atoms with van der Waals surface area (Å²) in [5.74, 6) is -0.801. The minimum Gasteiger partial charge on any atom is -0.488 e. The second-order valence-electron chi connectivity index (χ2n) is 11.7. The highest BCUT2D eigenvalue weighted by Gasteiger charge is 2.36. The Morgan fingerprint density at radius 2 is 1.69 bits per heavy atom. The maximum atomic E-state index is 15.5. The van der Waals surface area contributed by atoms with Crippen molar-refractivity contribution < 1.29 is 28.2 Å². The first kappa shape index (κ1) is 29.1. The normalized spacial score (nSPS) is 17.1. The molecular weight excluding hydrogens is 533 g/mol. The highest BCUT2D eigenvalue weighted by atomic mass is 19.1. The molecule has 4 aromatic rings. The minimum atomic E-state index is -0.694. The van der Waals surface area contributed by atoms with Gasteiger partial charge in [-0.2, -0.15) is 0 Å². The second kappa shape index (κ2) is 11.8. The standard InChI is InChI=1S/C35H36FNO5/c1-22(26-15-10-12-23-11-6-7-13-27(23)26)37(34(39)42-35(2,3)4)21-25-20-30(29-14-8-9-16-32(29)41-25)28-18-17-24(19-31(28)36)33(38)40-5/h6-19,22,25,30H,20-21H2,1-5H3. The Morgan fingerprint density at radius 1 is 0.976 bits per heavy atom. The van der Waals surface area contributed by atoms with Crippen LogP contribution in [-0.4, -0.2) is 42.3 Å². The maximum absolute atomic E-state index is 15.5. The largest absolute Gasteiger partial charge is 0.488 e. The average Bonchev–Trinajstić information content (AvgIpc) is 2.97. The van der Waals surface area contributed by atoms with Gasteiger partial charge in [0.25, 0.3) is 0 Å². The molecule has 1 aliphatic heterocycles. The van der Waals surface area contributed by atoms with E-state index in [4.69, 9.17) is 14.2 Å². The smallest absolute Gasteiger partial charge is 0.410 e. The number of carbonyl (C=O) groups excluding carboxylic acids is 2. The van der Waals surface area contributed by atoms with E-state index in [0.717, 1.165) is 21.9 Å². The molecule has 0 fully saturated rings. The fourth-order valence-corrected chi connectivity index (χ4v) is 5.67. The topological polar surface area (TPSA) is 65.1 Å². The number of methoxy groups -OCH3 is 1. The summed E-state index contributed by atoms with van der Waals surface area (Å²) < 4.78 is 32.6. The summed E-state index contributed by atoms with van der Waals surface area (Å²) in [5, 5.41) is 2.14. The molecule has 7 heteroatoms. The van der Waals surface area contributed by atoms with Crippen LogP contribution in [0.15, 0.2) is 84.9 Å². The SMILES string of the molecule is COC(=O)c1ccc(C2CC(CN(C(=O)OC(C)(C)C)C(C)c3cccc4ccccc34)Oc3ccccc32)c(F)c1. The number of halogens is 1. The number of benzene rings is 4. The van der Waals surface area contributed by atoms with Gasteiger partial charge in [0, 0.05) is 11.5 Å². The van der Waals surface area contributed by atoms with Gasteiger partial charge in [-0.25, -0.2) is 14.0 Å². The summed E-state index contributed by atoms with van der Waals surface area (Å²) in [6.45, 7) is 7.75. The minimum absolute atomic E-state index is 0.149. The number of para-hydroxylation sites is 1. The molecule has 0 aromatic heterocycles. The van der Waals surface area contributed by atoms with Crippen molar-refractivity contribution in [2.75, 3.05) is 13.7 Å². The highest BCUT2D eigenvalue weighted by molar-refractivity contribution is 5.89. The van der Waals surface area contributed by atoms with E-state index in [1.54, 1.807) is 17.0 Å². The molecule has 5 rings (SSSR count). The number of carbonyl (C=O) groups is 2. The van der Waals surface area contributed by atoms with Gasteiger partial charge in [-0.15, -0.1) is 0 Å². The van der Waals surface area contributed by atoms with Crippen molar-refractivity contribution in [3.8, 4) is 5.75 Å². The summed E-state index contributed by atoms with van der Waals surface area (Å²) in [6, 6.07) is 25.8. The molecule has 42 heavy (non-hydrogen) atoms. The first-order chi connectivity index (χ1) is 20.1. The molecule has 218 valence electrons. The lowest BCUT2D eigenvalue weighted by atomic mass is 9.83. The van der Waals surface area contributed by atoms with Gasteiger partial charge in [0.05, 0.1) is 25.3 Å². The van der Waals surface area contributed by atoms with Crippen LogP contribution in [0, 0.1) is 5.82 Å². The molecular formula is C35H36FNO5. The summed E-state index contributed by atoms with van der Waals surface area (Å²) in [4.78, 5) is 27.4. The lowest BCUT2D eigenvalue weighted by molar-refractivity contribution is 0.00566. The number of nitrogens with zero attached hydrogens (tertiary/aromatic N) is 1. The number of hydrogen-bond donors (Lipinski definition) is 0. The Bertz CT molecular complexity index is 1610. The summed E-state index contributed by atoms with van der Waals surface area (Å²) in [5.41, 5.74) is 1.76. The highest BCUT2D eigenvalue weighted by Crippen LogP contribution is 2.42. The van der Waals surface area contributed by atoms with Crippen molar-refractivity contribution in [2.45, 2.75) is 57.8 Å². The van der Waals surface area contributed by atoms with Crippen LogP contribution < -0.4 is 4.74 Å². The molecule has 0 saturated heterocycles. The van der Waals surface area contributed by atoms with Crippen molar-refractivity contribution in [2.24, 2.45) is 0 Å². The molecule has 3 atom stereocenters. The fourth-order valence-electron chi connectivity index (χ4n) is 5.67. The number of rotatable bonds is 6. The molecule has 0 N–H and O–H groups in total. The molecule has 1 aliphatic rings. The van der Waals surface area contributed by atoms with Crippen molar-refractivity contribution in [3.05, 3.63) is 113 Å². The lowest BCUT2D eigenvalue weighted by Crippen LogP contribution is -2.45. The number of amides is 1. The van der Waals surface area contributed by atoms with Crippen LogP contribution in [0.25, 0.3) is 10.8 Å². The van der Waals surface area contributed by atoms with E-state index >= 15 is 4.39 Å². The molecule has 1 heterocycles. The van der Waals surface area contributed by atoms with Gasteiger partial charge in [-0.05, 0) is 74.2 Å². The molecule has 0 bridgehead atoms. The van der Waals surface area contributed by atoms with Crippen molar-refractivity contribution in [1.29, 1.82) is 0 Å². The number of esters is 1. The quantitative estimate of drug-likeness (QED) is 0.220. The zero-order valence-corrected chi connectivity index (χ0v) is 24.6. The molecule has 3 unspecified atom stereocenters. The first-order valence-electron chi connectivity index (χ1n) is 14.2. The predicted octanol–water partition coefficient (Wildman–Crippen LogP) is 8.05. The zero-order valence-electron chi connectivity index (χ0n) is 24.6. The average molecular weight is 570 g/mol. The Morgan fingerprint density at radius 3 is 2.43 bits per heavy atom. The molecule has 0 saturated carbocycles. The lowest BCUT2D eigenvalue weighted by Gasteiger charge is -2.38. The van der Waals surface area contributed by atoms with E-state index in [1.165, 1.54) is 13.2 Å². The van der Waals surface area contributed by atoms with Gasteiger partial charge in [0.1, 0.15) is 23.3 Å². The van der Waals surface area contributed by atoms with Crippen LogP contribution in [0.1, 0.15) is 73.1 Å². The van der Waals surface area contributed by atoms with E-state index in [1.807, 2.05) is 76.2 Å². The van der Waals surface area contributed by atoms with E-state index in [0.29, 0.717) is 17.7 Å². The van der Waals surface area contributed by atoms with E-state index in [-0.39, 0.29) is 24.1 Å². The van der Waals surface area contributed by atoms with Crippen molar-refractivity contribution in [3.63, 3.8) is 0 Å². The molecule has 6 nitrogen and oxygen atoms in total. The zero-order chi connectivity index (χ0) is 30.0. The molecule has 0 radical (unpaired) electrons. The third-order valence-corrected chi connectivity index (χ3v) is 7.65. The van der Waals surface area contributed by atoms with Crippen LogP contribution in [0.2, 0.25) is 0 Å². The Kier molecular flexibility index (Phi) is 8.21. The van der Waals surface area contributed by atoms with Gasteiger partial charge in [0.2, 0.25) is 0 Å². The fraction of sp³-hybridized carbons (Fsp3) is 0.314. The Labute approximate surface area is 246 Å². The summed E-state index contributed by atoms with van der Waals surface area (Å²) >= 11 is 0. The van der Waals surface area contributed by atoms with E-state index < -0.39 is 29.6 Å². The van der Waals surface area contributed by atoms with E-state index in [9.17, 15) is 9.59 Å². The summed E-state index contributed by atoms with van der Waals surface area (Å²) in [7, 11) is 1.27. The summed E-state index contributed by atoms with van der Waals surface area (Å²) in [6.07, 6.45) is -0.474. The van der Waals surface area contributed by atoms with Crippen LogP contribution in [0.5, 0.6) is 5.75 Å². The van der Waals surface area contributed by atoms with Gasteiger partial charge in [0.15, 0.2) is 0 Å². The molecule has 1 amide bonds. The molecule has 0 aliphatic carbocycles. The van der Waals surface area contributed by atoms with Gasteiger partial charge in [-0.1, -0.05) is 66.7 Å².